The molecule has 1 aliphatic rings. The summed E-state index contributed by atoms with van der Waals surface area (Å²) in [7, 11) is 4.94. The standard InChI is InChI=1S/C27H31FN2O4/c1-16-21(10-17-11-24(33-3)27(32)25(12-17)34-4)20-8-7-18(28)13-23(20)22(16)14-26(31)29-15-19-6-5-9-30(19)2/h5-9,11-13,16,21-22,32H,10,14-15H2,1-4H3,(H,29,31). The van der Waals surface area contributed by atoms with Crippen LogP contribution in [-0.4, -0.2) is 29.8 Å². The third-order valence-corrected chi connectivity index (χ3v) is 7.04. The second kappa shape index (κ2) is 9.79. The van der Waals surface area contributed by atoms with Crippen molar-refractivity contribution < 1.29 is 23.8 Å². The summed E-state index contributed by atoms with van der Waals surface area (Å²) in [5, 5.41) is 13.3. The van der Waals surface area contributed by atoms with E-state index >= 15 is 0 Å². The fraction of sp³-hybridized carbons (Fsp3) is 0.370. The van der Waals surface area contributed by atoms with Crippen LogP contribution in [0, 0.1) is 11.7 Å². The van der Waals surface area contributed by atoms with Gasteiger partial charge in [-0.2, -0.15) is 0 Å². The van der Waals surface area contributed by atoms with Crippen LogP contribution in [0.15, 0.2) is 48.7 Å². The van der Waals surface area contributed by atoms with Crippen molar-refractivity contribution in [2.45, 2.75) is 38.1 Å². The van der Waals surface area contributed by atoms with Crippen molar-refractivity contribution in [2.24, 2.45) is 13.0 Å². The minimum atomic E-state index is -0.297. The Balaban J connectivity index is 1.56. The summed E-state index contributed by atoms with van der Waals surface area (Å²) in [5.74, 6) is 0.402. The van der Waals surface area contributed by atoms with Gasteiger partial charge in [0.1, 0.15) is 5.82 Å². The molecule has 1 heterocycles. The molecule has 0 aliphatic heterocycles. The summed E-state index contributed by atoms with van der Waals surface area (Å²) in [6, 6.07) is 12.4. The summed E-state index contributed by atoms with van der Waals surface area (Å²) in [5.41, 5.74) is 3.91. The first kappa shape index (κ1) is 23.7. The lowest BCUT2D eigenvalue weighted by Crippen LogP contribution is -2.26. The molecule has 0 radical (unpaired) electrons. The first-order valence-electron chi connectivity index (χ1n) is 11.4. The number of nitrogens with one attached hydrogen (secondary N) is 1. The number of phenols is 1. The zero-order valence-electron chi connectivity index (χ0n) is 20.0. The number of hydrogen-bond donors (Lipinski definition) is 2. The van der Waals surface area contributed by atoms with E-state index in [9.17, 15) is 14.3 Å². The zero-order valence-corrected chi connectivity index (χ0v) is 20.0. The van der Waals surface area contributed by atoms with Gasteiger partial charge in [0.15, 0.2) is 11.5 Å². The number of rotatable bonds is 8. The predicted octanol–water partition coefficient (Wildman–Crippen LogP) is 4.65. The van der Waals surface area contributed by atoms with Gasteiger partial charge >= 0.3 is 0 Å². The van der Waals surface area contributed by atoms with Crippen molar-refractivity contribution >= 4 is 5.91 Å². The molecule has 3 aromatic rings. The molecule has 0 saturated heterocycles. The number of halogens is 1. The molecule has 3 unspecified atom stereocenters. The number of fused-ring (bicyclic) bond motifs is 1. The normalized spacial score (nSPS) is 19.0. The fourth-order valence-electron chi connectivity index (χ4n) is 5.10. The van der Waals surface area contributed by atoms with Crippen LogP contribution >= 0.6 is 0 Å². The smallest absolute Gasteiger partial charge is 0.220 e. The van der Waals surface area contributed by atoms with Gasteiger partial charge in [-0.15, -0.1) is 0 Å². The quantitative estimate of drug-likeness (QED) is 0.507. The Morgan fingerprint density at radius 2 is 1.79 bits per heavy atom. The topological polar surface area (TPSA) is 72.7 Å². The van der Waals surface area contributed by atoms with Crippen molar-refractivity contribution in [3.05, 3.63) is 76.9 Å². The monoisotopic (exact) mass is 466 g/mol. The van der Waals surface area contributed by atoms with Gasteiger partial charge in [0.05, 0.1) is 20.8 Å². The highest BCUT2D eigenvalue weighted by atomic mass is 19.1. The number of benzene rings is 2. The second-order valence-electron chi connectivity index (χ2n) is 8.99. The van der Waals surface area contributed by atoms with E-state index in [2.05, 4.69) is 12.2 Å². The van der Waals surface area contributed by atoms with Gasteiger partial charge in [-0.3, -0.25) is 4.79 Å². The molecule has 0 fully saturated rings. The Morgan fingerprint density at radius 1 is 1.09 bits per heavy atom. The molecule has 1 amide bonds. The molecule has 4 rings (SSSR count). The third-order valence-electron chi connectivity index (χ3n) is 7.04. The number of carbonyl (C=O) groups excluding carboxylic acids is 1. The first-order valence-corrected chi connectivity index (χ1v) is 11.4. The highest BCUT2D eigenvalue weighted by Crippen LogP contribution is 2.50. The number of amides is 1. The first-order chi connectivity index (χ1) is 16.3. The van der Waals surface area contributed by atoms with Gasteiger partial charge in [-0.1, -0.05) is 13.0 Å². The van der Waals surface area contributed by atoms with Gasteiger partial charge in [0.25, 0.3) is 0 Å². The van der Waals surface area contributed by atoms with Crippen LogP contribution in [0.5, 0.6) is 17.2 Å². The molecule has 6 nitrogen and oxygen atoms in total. The lowest BCUT2D eigenvalue weighted by molar-refractivity contribution is -0.121. The molecule has 2 aromatic carbocycles. The minimum Gasteiger partial charge on any atom is -0.502 e. The maximum atomic E-state index is 14.2. The van der Waals surface area contributed by atoms with Crippen molar-refractivity contribution in [1.82, 2.24) is 9.88 Å². The zero-order chi connectivity index (χ0) is 24.4. The van der Waals surface area contributed by atoms with Crippen LogP contribution in [0.1, 0.15) is 47.6 Å². The Morgan fingerprint density at radius 3 is 2.41 bits per heavy atom. The van der Waals surface area contributed by atoms with Gasteiger partial charge in [0.2, 0.25) is 11.7 Å². The van der Waals surface area contributed by atoms with Gasteiger partial charge in [-0.05, 0) is 77.3 Å². The van der Waals surface area contributed by atoms with E-state index in [1.54, 1.807) is 18.2 Å². The predicted molar refractivity (Wildman–Crippen MR) is 128 cm³/mol. The fourth-order valence-corrected chi connectivity index (χ4v) is 5.10. The number of nitrogens with zero attached hydrogens (tertiary/aromatic N) is 1. The molecule has 2 N–H and O–H groups in total. The SMILES string of the molecule is COc1cc(CC2c3ccc(F)cc3C(CC(=O)NCc3cccn3C)C2C)cc(OC)c1O. The number of aromatic hydroxyl groups is 1. The third kappa shape index (κ3) is 4.60. The Labute approximate surface area is 199 Å². The van der Waals surface area contributed by atoms with Gasteiger partial charge in [-0.25, -0.2) is 4.39 Å². The number of carbonyl (C=O) groups is 1. The maximum absolute atomic E-state index is 14.2. The lowest BCUT2D eigenvalue weighted by Gasteiger charge is -2.22. The average molecular weight is 467 g/mol. The molecule has 1 aromatic heterocycles. The van der Waals surface area contributed by atoms with E-state index in [4.69, 9.17) is 9.47 Å². The highest BCUT2D eigenvalue weighted by Gasteiger charge is 2.39. The van der Waals surface area contributed by atoms with Crippen molar-refractivity contribution in [2.75, 3.05) is 14.2 Å². The average Bonchev–Trinajstić information content (AvgIpc) is 3.34. The van der Waals surface area contributed by atoms with E-state index in [0.29, 0.717) is 30.9 Å². The van der Waals surface area contributed by atoms with E-state index in [0.717, 1.165) is 22.4 Å². The molecule has 1 aliphatic carbocycles. The van der Waals surface area contributed by atoms with E-state index < -0.39 is 0 Å². The molecule has 7 heteroatoms. The van der Waals surface area contributed by atoms with Crippen LogP contribution in [0.25, 0.3) is 0 Å². The molecule has 0 saturated carbocycles. The Bertz CT molecular complexity index is 1160. The van der Waals surface area contributed by atoms with Crippen LogP contribution in [-0.2, 0) is 24.8 Å². The minimum absolute atomic E-state index is 0.0385. The molecular weight excluding hydrogens is 435 g/mol. The van der Waals surface area contributed by atoms with E-state index in [1.165, 1.54) is 20.3 Å². The summed E-state index contributed by atoms with van der Waals surface area (Å²) in [6.07, 6.45) is 2.88. The number of ether oxygens (including phenoxy) is 2. The number of hydrogen-bond acceptors (Lipinski definition) is 4. The second-order valence-corrected chi connectivity index (χ2v) is 8.99. The summed E-state index contributed by atoms with van der Waals surface area (Å²) >= 11 is 0. The molecule has 3 atom stereocenters. The van der Waals surface area contributed by atoms with Crippen molar-refractivity contribution in [3.8, 4) is 17.2 Å². The van der Waals surface area contributed by atoms with Gasteiger partial charge in [0, 0.05) is 25.4 Å². The maximum Gasteiger partial charge on any atom is 0.220 e. The van der Waals surface area contributed by atoms with Gasteiger partial charge < -0.3 is 24.5 Å². The summed E-state index contributed by atoms with van der Waals surface area (Å²) in [6.45, 7) is 2.57. The molecule has 34 heavy (non-hydrogen) atoms. The van der Waals surface area contributed by atoms with E-state index in [-0.39, 0.29) is 35.2 Å². The van der Waals surface area contributed by atoms with E-state index in [1.807, 2.05) is 36.0 Å². The van der Waals surface area contributed by atoms with Crippen LogP contribution < -0.4 is 14.8 Å². The lowest BCUT2D eigenvalue weighted by atomic mass is 9.83. The number of phenolic OH excluding ortho intramolecular Hbond substituents is 1. The summed E-state index contributed by atoms with van der Waals surface area (Å²) < 4.78 is 26.8. The molecule has 0 spiro atoms. The molecule has 180 valence electrons. The molecular formula is C27H31FN2O4. The number of aryl methyl sites for hydroxylation is 1. The molecule has 0 bridgehead atoms. The van der Waals surface area contributed by atoms with Crippen LogP contribution in [0.2, 0.25) is 0 Å². The van der Waals surface area contributed by atoms with Crippen molar-refractivity contribution in [1.29, 1.82) is 0 Å². The highest BCUT2D eigenvalue weighted by molar-refractivity contribution is 5.77. The largest absolute Gasteiger partial charge is 0.502 e. The van der Waals surface area contributed by atoms with Crippen LogP contribution in [0.4, 0.5) is 4.39 Å². The van der Waals surface area contributed by atoms with Crippen molar-refractivity contribution in [3.63, 3.8) is 0 Å². The number of aromatic nitrogens is 1. The Hall–Kier alpha value is -3.48. The number of methoxy groups -OCH3 is 2. The van der Waals surface area contributed by atoms with Crippen LogP contribution in [0.3, 0.4) is 0 Å². The Kier molecular flexibility index (Phi) is 6.82. The summed E-state index contributed by atoms with van der Waals surface area (Å²) in [4.78, 5) is 12.8.